The summed E-state index contributed by atoms with van der Waals surface area (Å²) in [5, 5.41) is 30.3. The van der Waals surface area contributed by atoms with E-state index < -0.39 is 22.8 Å². The molecule has 0 bridgehead atoms. The molecule has 0 aliphatic heterocycles. The molecule has 0 fully saturated rings. The van der Waals surface area contributed by atoms with Gasteiger partial charge in [0.25, 0.3) is 11.4 Å². The van der Waals surface area contributed by atoms with Crippen molar-refractivity contribution in [2.24, 2.45) is 0 Å². The molecule has 0 heterocycles. The van der Waals surface area contributed by atoms with Crippen molar-refractivity contribution >= 4 is 19.2 Å². The zero-order valence-corrected chi connectivity index (χ0v) is 13.4. The van der Waals surface area contributed by atoms with Gasteiger partial charge in [0.1, 0.15) is 11.5 Å². The van der Waals surface area contributed by atoms with E-state index in [1.54, 1.807) is 0 Å². The van der Waals surface area contributed by atoms with Gasteiger partial charge >= 0.3 is 12.9 Å². The maximum atomic E-state index is 12.4. The maximum Gasteiger partial charge on any atom is 0.617 e. The molecule has 0 saturated heterocycles. The van der Waals surface area contributed by atoms with Crippen LogP contribution in [0.15, 0.2) is 48.5 Å². The average Bonchev–Trinajstić information content (AvgIpc) is 2.54. The van der Waals surface area contributed by atoms with Gasteiger partial charge in [0.2, 0.25) is 0 Å². The molecule has 0 unspecified atom stereocenters. The molecular formula is C12H8N3O10P. The van der Waals surface area contributed by atoms with Crippen LogP contribution in [0.25, 0.3) is 0 Å². The van der Waals surface area contributed by atoms with E-state index in [4.69, 9.17) is 9.05 Å². The third-order valence-electron chi connectivity index (χ3n) is 2.70. The van der Waals surface area contributed by atoms with Crippen LogP contribution in [-0.2, 0) is 9.19 Å². The highest BCUT2D eigenvalue weighted by molar-refractivity contribution is 7.49. The lowest BCUT2D eigenvalue weighted by Gasteiger charge is -2.16. The largest absolute Gasteiger partial charge is 0.617 e. The van der Waals surface area contributed by atoms with E-state index in [9.17, 15) is 34.9 Å². The monoisotopic (exact) mass is 385 g/mol. The zero-order chi connectivity index (χ0) is 19.3. The molecule has 0 aliphatic rings. The number of hydrogen-bond donors (Lipinski definition) is 0. The van der Waals surface area contributed by atoms with E-state index in [1.807, 2.05) is 0 Å². The maximum absolute atomic E-state index is 12.4. The Morgan fingerprint density at radius 2 is 1.04 bits per heavy atom. The van der Waals surface area contributed by atoms with Crippen molar-refractivity contribution in [3.8, 4) is 11.5 Å². The predicted octanol–water partition coefficient (Wildman–Crippen LogP) is 3.28. The second-order valence-corrected chi connectivity index (χ2v) is 5.86. The zero-order valence-electron chi connectivity index (χ0n) is 12.5. The van der Waals surface area contributed by atoms with E-state index in [1.165, 1.54) is 0 Å². The summed E-state index contributed by atoms with van der Waals surface area (Å²) in [7, 11) is -4.84. The number of phosphoric ester groups is 1. The molecule has 2 aromatic rings. The molecular weight excluding hydrogens is 377 g/mol. The number of non-ortho nitro benzene ring substituents is 2. The summed E-state index contributed by atoms with van der Waals surface area (Å²) in [6.07, 6.45) is 0. The minimum absolute atomic E-state index is 0.261. The smallest absolute Gasteiger partial charge is 0.397 e. The Morgan fingerprint density at radius 3 is 1.31 bits per heavy atom. The van der Waals surface area contributed by atoms with E-state index in [0.29, 0.717) is 0 Å². The average molecular weight is 385 g/mol. The van der Waals surface area contributed by atoms with Gasteiger partial charge in [0.15, 0.2) is 0 Å². The number of hydrogen-bond acceptors (Lipinski definition) is 10. The molecule has 0 saturated carbocycles. The summed E-state index contributed by atoms with van der Waals surface area (Å²) in [5.41, 5.74) is -0.586. The molecule has 0 aromatic heterocycles. The van der Waals surface area contributed by atoms with Crippen LogP contribution in [0, 0.1) is 30.3 Å². The van der Waals surface area contributed by atoms with Crippen molar-refractivity contribution in [1.29, 1.82) is 0 Å². The highest BCUT2D eigenvalue weighted by Crippen LogP contribution is 2.49. The summed E-state index contributed by atoms with van der Waals surface area (Å²) < 4.78 is 26.1. The van der Waals surface area contributed by atoms with Gasteiger partial charge < -0.3 is 9.05 Å². The fourth-order valence-corrected chi connectivity index (χ4v) is 2.68. The second-order valence-electron chi connectivity index (χ2n) is 4.44. The molecule has 2 rings (SSSR count). The van der Waals surface area contributed by atoms with Crippen LogP contribution in [0.5, 0.6) is 11.5 Å². The number of nitro benzene ring substituents is 2. The minimum atomic E-state index is -4.84. The molecule has 0 atom stereocenters. The van der Waals surface area contributed by atoms with Gasteiger partial charge in [-0.15, -0.1) is 10.1 Å². The standard InChI is InChI=1S/C12H8N3O10P/c16-13(17)9-1-5-11(6-2-9)23-26(22,25-15(20)21)24-12-7-3-10(4-8-12)14(18)19/h1-8H. The number of nitro groups is 2. The third kappa shape index (κ3) is 4.88. The van der Waals surface area contributed by atoms with Crippen molar-refractivity contribution in [2.75, 3.05) is 0 Å². The first-order valence-corrected chi connectivity index (χ1v) is 7.97. The quantitative estimate of drug-likeness (QED) is 0.372. The number of nitrogens with zero attached hydrogens (tertiary/aromatic N) is 3. The summed E-state index contributed by atoms with van der Waals surface area (Å²) in [4.78, 5) is 30.3. The third-order valence-corrected chi connectivity index (χ3v) is 3.90. The number of phosphoric acid groups is 1. The molecule has 13 nitrogen and oxygen atoms in total. The first kappa shape index (κ1) is 18.6. The Kier molecular flexibility index (Phi) is 5.33. The Hall–Kier alpha value is -3.73. The molecule has 0 radical (unpaired) electrons. The summed E-state index contributed by atoms with van der Waals surface area (Å²) in [6, 6.07) is 8.19. The van der Waals surface area contributed by atoms with Gasteiger partial charge in [-0.05, 0) is 24.3 Å². The lowest BCUT2D eigenvalue weighted by molar-refractivity contribution is -0.717. The highest BCUT2D eigenvalue weighted by atomic mass is 31.2. The lowest BCUT2D eigenvalue weighted by Crippen LogP contribution is -2.09. The Labute approximate surface area is 143 Å². The molecule has 26 heavy (non-hydrogen) atoms. The van der Waals surface area contributed by atoms with Gasteiger partial charge in [-0.1, -0.05) is 0 Å². The van der Waals surface area contributed by atoms with Crippen LogP contribution in [0.2, 0.25) is 0 Å². The van der Waals surface area contributed by atoms with Gasteiger partial charge in [-0.25, -0.2) is 4.57 Å². The van der Waals surface area contributed by atoms with Gasteiger partial charge in [-0.2, -0.15) is 4.62 Å². The highest BCUT2D eigenvalue weighted by Gasteiger charge is 2.35. The molecule has 0 spiro atoms. The minimum Gasteiger partial charge on any atom is -0.397 e. The van der Waals surface area contributed by atoms with Crippen LogP contribution in [0.3, 0.4) is 0 Å². The van der Waals surface area contributed by atoms with Gasteiger partial charge in [-0.3, -0.25) is 20.2 Å². The van der Waals surface area contributed by atoms with Crippen molar-refractivity contribution in [3.05, 3.63) is 78.9 Å². The number of rotatable bonds is 8. The molecule has 14 heteroatoms. The van der Waals surface area contributed by atoms with Crippen LogP contribution < -0.4 is 9.05 Å². The van der Waals surface area contributed by atoms with Gasteiger partial charge in [0, 0.05) is 24.3 Å². The normalized spacial score (nSPS) is 10.6. The van der Waals surface area contributed by atoms with Crippen LogP contribution in [-0.4, -0.2) is 14.9 Å². The van der Waals surface area contributed by atoms with Crippen LogP contribution >= 0.6 is 7.82 Å². The van der Waals surface area contributed by atoms with Gasteiger partial charge in [0.05, 0.1) is 9.85 Å². The van der Waals surface area contributed by atoms with E-state index in [-0.39, 0.29) is 22.9 Å². The molecule has 2 aromatic carbocycles. The van der Waals surface area contributed by atoms with Crippen molar-refractivity contribution < 1.29 is 33.2 Å². The van der Waals surface area contributed by atoms with Crippen molar-refractivity contribution in [3.63, 3.8) is 0 Å². The number of benzene rings is 2. The van der Waals surface area contributed by atoms with E-state index in [0.717, 1.165) is 48.5 Å². The van der Waals surface area contributed by atoms with E-state index in [2.05, 4.69) is 4.62 Å². The fraction of sp³-hybridized carbons (Fsp3) is 0. The molecule has 136 valence electrons. The Morgan fingerprint density at radius 1 is 0.692 bits per heavy atom. The topological polar surface area (TPSA) is 174 Å². The summed E-state index contributed by atoms with van der Waals surface area (Å²) in [6.45, 7) is 0. The lowest BCUT2D eigenvalue weighted by atomic mass is 10.3. The first-order valence-electron chi connectivity index (χ1n) is 6.51. The fourth-order valence-electron chi connectivity index (χ4n) is 1.65. The van der Waals surface area contributed by atoms with Crippen molar-refractivity contribution in [2.45, 2.75) is 0 Å². The Balaban J connectivity index is 2.23. The second kappa shape index (κ2) is 7.44. The first-order chi connectivity index (χ1) is 12.2. The molecule has 0 N–H and O–H groups in total. The molecule has 0 aliphatic carbocycles. The Bertz CT molecular complexity index is 820. The summed E-state index contributed by atoms with van der Waals surface area (Å²) >= 11 is 0. The summed E-state index contributed by atoms with van der Waals surface area (Å²) in [5.74, 6) is -0.523. The molecule has 0 amide bonds. The van der Waals surface area contributed by atoms with E-state index >= 15 is 0 Å². The predicted molar refractivity (Wildman–Crippen MR) is 83.1 cm³/mol. The van der Waals surface area contributed by atoms with Crippen molar-refractivity contribution in [1.82, 2.24) is 0 Å². The SMILES string of the molecule is O=[N+]([O-])OP(=O)(Oc1ccc([N+](=O)[O-])cc1)Oc1ccc([N+](=O)[O-])cc1. The van der Waals surface area contributed by atoms with Crippen LogP contribution in [0.4, 0.5) is 11.4 Å². The van der Waals surface area contributed by atoms with Crippen LogP contribution in [0.1, 0.15) is 0 Å².